The molecule has 0 aliphatic heterocycles. The molecule has 0 bridgehead atoms. The van der Waals surface area contributed by atoms with Crippen molar-refractivity contribution in [2.75, 3.05) is 0 Å². The molecule has 160 valence electrons. The average Bonchev–Trinajstić information content (AvgIpc) is 2.77. The van der Waals surface area contributed by atoms with E-state index >= 15 is 0 Å². The van der Waals surface area contributed by atoms with Crippen molar-refractivity contribution in [2.45, 2.75) is 13.5 Å². The molecule has 0 radical (unpaired) electrons. The number of phenolic OH excluding ortho intramolecular Hbond substituents is 1. The van der Waals surface area contributed by atoms with Crippen molar-refractivity contribution in [3.63, 3.8) is 0 Å². The van der Waals surface area contributed by atoms with Crippen molar-refractivity contribution in [3.05, 3.63) is 121 Å². The predicted molar refractivity (Wildman–Crippen MR) is 122 cm³/mol. The third-order valence-electron chi connectivity index (χ3n) is 4.68. The Bertz CT molecular complexity index is 1450. The molecule has 0 aliphatic carbocycles. The predicted octanol–water partition coefficient (Wildman–Crippen LogP) is 1.71. The van der Waals surface area contributed by atoms with Crippen LogP contribution in [-0.2, 0) is 6.61 Å². The molecule has 4 rings (SSSR count). The quantitative estimate of drug-likeness (QED) is 0.449. The number of nitrogens with one attached hydrogen (secondary N) is 2. The van der Waals surface area contributed by atoms with Crippen LogP contribution < -0.4 is 26.6 Å². The van der Waals surface area contributed by atoms with Crippen LogP contribution in [0, 0.1) is 6.92 Å². The van der Waals surface area contributed by atoms with E-state index in [0.29, 0.717) is 23.6 Å². The van der Waals surface area contributed by atoms with E-state index in [0.717, 1.165) is 11.1 Å². The van der Waals surface area contributed by atoms with E-state index in [2.05, 4.69) is 15.0 Å². The second kappa shape index (κ2) is 9.18. The van der Waals surface area contributed by atoms with Crippen molar-refractivity contribution in [3.8, 4) is 11.5 Å². The summed E-state index contributed by atoms with van der Waals surface area (Å²) in [6.45, 7) is 2.25. The van der Waals surface area contributed by atoms with E-state index in [4.69, 9.17) is 4.74 Å². The Morgan fingerprint density at radius 1 is 0.938 bits per heavy atom. The first-order valence-corrected chi connectivity index (χ1v) is 9.96. The zero-order valence-electron chi connectivity index (χ0n) is 17.3. The number of aryl methyl sites for hydroxylation is 1. The minimum absolute atomic E-state index is 0.0854. The van der Waals surface area contributed by atoms with Gasteiger partial charge in [-0.1, -0.05) is 36.4 Å². The Morgan fingerprint density at radius 2 is 1.66 bits per heavy atom. The first-order valence-electron chi connectivity index (χ1n) is 9.96. The molecule has 3 N–H and O–H groups in total. The van der Waals surface area contributed by atoms with E-state index in [9.17, 15) is 14.7 Å². The van der Waals surface area contributed by atoms with E-state index in [1.807, 2.05) is 37.3 Å². The molecular weight excluding hydrogens is 406 g/mol. The highest BCUT2D eigenvalue weighted by atomic mass is 16.5. The van der Waals surface area contributed by atoms with E-state index in [1.165, 1.54) is 18.2 Å². The number of aromatic amines is 2. The van der Waals surface area contributed by atoms with E-state index in [1.54, 1.807) is 30.5 Å². The number of aromatic nitrogens is 3. The molecule has 0 unspecified atom stereocenters. The summed E-state index contributed by atoms with van der Waals surface area (Å²) in [7, 11) is 0. The lowest BCUT2D eigenvalue weighted by molar-refractivity contribution is 0.305. The normalized spacial score (nSPS) is 12.2. The minimum atomic E-state index is -0.459. The standard InChI is InChI=1S/C25H21N3O4/c1-16-9-18(11-20(29)10-16)12-22-24(30)28-23(25(31)27-22)13-19-7-8-21(14-26-19)32-15-17-5-3-2-4-6-17/h2-14,29H,15H2,1H3,(H,27,31)(H,28,30)/b22-12+,23-13+. The van der Waals surface area contributed by atoms with Gasteiger partial charge in [-0.05, 0) is 60.0 Å². The topological polar surface area (TPSA) is 108 Å². The van der Waals surface area contributed by atoms with Crippen LogP contribution in [0.1, 0.15) is 22.4 Å². The van der Waals surface area contributed by atoms with Gasteiger partial charge in [0.15, 0.2) is 0 Å². The average molecular weight is 427 g/mol. The van der Waals surface area contributed by atoms with Crippen LogP contribution in [0.3, 0.4) is 0 Å². The lowest BCUT2D eigenvalue weighted by Crippen LogP contribution is -2.46. The third-order valence-corrected chi connectivity index (χ3v) is 4.68. The van der Waals surface area contributed by atoms with Crippen LogP contribution in [0.2, 0.25) is 0 Å². The lowest BCUT2D eigenvalue weighted by Gasteiger charge is -2.05. The monoisotopic (exact) mass is 427 g/mol. The highest BCUT2D eigenvalue weighted by molar-refractivity contribution is 5.52. The maximum atomic E-state index is 12.5. The molecule has 0 saturated heterocycles. The molecule has 0 saturated carbocycles. The Kier molecular flexibility index (Phi) is 5.98. The molecule has 0 fully saturated rings. The summed E-state index contributed by atoms with van der Waals surface area (Å²) in [6.07, 6.45) is 4.56. The number of nitrogens with zero attached hydrogens (tertiary/aromatic N) is 1. The summed E-state index contributed by atoms with van der Waals surface area (Å²) < 4.78 is 5.71. The van der Waals surface area contributed by atoms with Crippen LogP contribution in [-0.4, -0.2) is 20.1 Å². The molecule has 2 aromatic heterocycles. The number of pyridine rings is 1. The third kappa shape index (κ3) is 5.20. The van der Waals surface area contributed by atoms with Gasteiger partial charge in [0.2, 0.25) is 0 Å². The van der Waals surface area contributed by atoms with Gasteiger partial charge in [-0.2, -0.15) is 0 Å². The highest BCUT2D eigenvalue weighted by Crippen LogP contribution is 2.15. The Morgan fingerprint density at radius 3 is 2.31 bits per heavy atom. The fourth-order valence-electron chi connectivity index (χ4n) is 3.19. The van der Waals surface area contributed by atoms with Gasteiger partial charge in [-0.3, -0.25) is 14.6 Å². The van der Waals surface area contributed by atoms with Crippen molar-refractivity contribution in [1.82, 2.24) is 15.0 Å². The van der Waals surface area contributed by atoms with Crippen LogP contribution in [0.4, 0.5) is 0 Å². The fourth-order valence-corrected chi connectivity index (χ4v) is 3.19. The molecule has 0 spiro atoms. The number of H-pyrrole nitrogens is 2. The van der Waals surface area contributed by atoms with Gasteiger partial charge in [0.05, 0.1) is 11.9 Å². The fraction of sp³-hybridized carbons (Fsp3) is 0.0800. The van der Waals surface area contributed by atoms with Crippen LogP contribution in [0.5, 0.6) is 11.5 Å². The Labute approximate surface area is 183 Å². The molecule has 0 atom stereocenters. The number of ether oxygens (including phenoxy) is 1. The van der Waals surface area contributed by atoms with Gasteiger partial charge in [0.25, 0.3) is 11.1 Å². The summed E-state index contributed by atoms with van der Waals surface area (Å²) >= 11 is 0. The molecule has 4 aromatic rings. The van der Waals surface area contributed by atoms with Crippen molar-refractivity contribution in [2.24, 2.45) is 0 Å². The SMILES string of the molecule is Cc1cc(O)cc(/C=c2/[nH]c(=O)/c(=C\c3ccc(OCc4ccccc4)cn3)[nH]c2=O)c1. The van der Waals surface area contributed by atoms with E-state index in [-0.39, 0.29) is 16.4 Å². The zero-order valence-corrected chi connectivity index (χ0v) is 17.3. The second-order valence-corrected chi connectivity index (χ2v) is 7.32. The smallest absolute Gasteiger partial charge is 0.272 e. The summed E-state index contributed by atoms with van der Waals surface area (Å²) in [5.74, 6) is 0.682. The van der Waals surface area contributed by atoms with Gasteiger partial charge >= 0.3 is 0 Å². The number of phenols is 1. The van der Waals surface area contributed by atoms with Crippen LogP contribution in [0.15, 0.2) is 76.4 Å². The van der Waals surface area contributed by atoms with Gasteiger partial charge in [0.1, 0.15) is 28.8 Å². The highest BCUT2D eigenvalue weighted by Gasteiger charge is 2.01. The van der Waals surface area contributed by atoms with Crippen LogP contribution in [0.25, 0.3) is 12.2 Å². The molecule has 32 heavy (non-hydrogen) atoms. The summed E-state index contributed by atoms with van der Waals surface area (Å²) in [4.78, 5) is 34.4. The molecule has 7 heteroatoms. The second-order valence-electron chi connectivity index (χ2n) is 7.32. The van der Waals surface area contributed by atoms with Gasteiger partial charge in [-0.15, -0.1) is 0 Å². The first kappa shape index (κ1) is 20.9. The number of hydrogen-bond donors (Lipinski definition) is 3. The molecule has 2 aromatic carbocycles. The number of hydrogen-bond acceptors (Lipinski definition) is 5. The minimum Gasteiger partial charge on any atom is -0.508 e. The number of rotatable bonds is 5. The van der Waals surface area contributed by atoms with Crippen molar-refractivity contribution in [1.29, 1.82) is 0 Å². The van der Waals surface area contributed by atoms with Gasteiger partial charge in [-0.25, -0.2) is 0 Å². The van der Waals surface area contributed by atoms with Gasteiger partial charge < -0.3 is 19.8 Å². The molecular formula is C25H21N3O4. The molecule has 0 amide bonds. The van der Waals surface area contributed by atoms with E-state index < -0.39 is 11.1 Å². The van der Waals surface area contributed by atoms with Crippen molar-refractivity contribution >= 4 is 12.2 Å². The van der Waals surface area contributed by atoms with Crippen LogP contribution >= 0.6 is 0 Å². The van der Waals surface area contributed by atoms with Crippen molar-refractivity contribution < 1.29 is 9.84 Å². The summed E-state index contributed by atoms with van der Waals surface area (Å²) in [5.41, 5.74) is 2.07. The number of benzene rings is 2. The Hall–Kier alpha value is -4.39. The first-order chi connectivity index (χ1) is 15.5. The zero-order chi connectivity index (χ0) is 22.5. The molecule has 0 aliphatic rings. The summed E-state index contributed by atoms with van der Waals surface area (Å²) in [5, 5.41) is 9.90. The maximum Gasteiger partial charge on any atom is 0.272 e. The molecule has 7 nitrogen and oxygen atoms in total. The van der Waals surface area contributed by atoms with Gasteiger partial charge in [0, 0.05) is 0 Å². The largest absolute Gasteiger partial charge is 0.508 e. The Balaban J connectivity index is 1.58. The maximum absolute atomic E-state index is 12.5. The summed E-state index contributed by atoms with van der Waals surface area (Å²) in [6, 6.07) is 18.1. The number of aromatic hydroxyl groups is 1. The lowest BCUT2D eigenvalue weighted by atomic mass is 10.1. The molecule has 2 heterocycles.